The van der Waals surface area contributed by atoms with E-state index in [1.165, 1.54) is 11.4 Å². The first kappa shape index (κ1) is 11.9. The summed E-state index contributed by atoms with van der Waals surface area (Å²) in [7, 11) is 4.10. The van der Waals surface area contributed by atoms with E-state index in [-0.39, 0.29) is 0 Å². The molecule has 0 heterocycles. The van der Waals surface area contributed by atoms with Gasteiger partial charge >= 0.3 is 0 Å². The number of rotatable bonds is 5. The molecule has 0 aliphatic carbocycles. The second-order valence-corrected chi connectivity index (χ2v) is 3.78. The molecule has 0 bridgehead atoms. The first-order valence-electron chi connectivity index (χ1n) is 5.41. The van der Waals surface area contributed by atoms with Crippen LogP contribution < -0.4 is 15.5 Å². The highest BCUT2D eigenvalue weighted by atomic mass is 15.1. The number of hydrogen-bond donors (Lipinski definition) is 1. The molecule has 0 atom stereocenters. The van der Waals surface area contributed by atoms with E-state index >= 15 is 0 Å². The second kappa shape index (κ2) is 5.61. The fourth-order valence-corrected chi connectivity index (χ4v) is 1.59. The van der Waals surface area contributed by atoms with E-state index in [1.807, 2.05) is 14.1 Å². The Bertz CT molecular complexity index is 279. The molecule has 1 rings (SSSR count). The SMILES string of the molecule is CCN(CCN)c1ccc(N(C)C)cc1. The summed E-state index contributed by atoms with van der Waals surface area (Å²) in [6.07, 6.45) is 0. The van der Waals surface area contributed by atoms with Crippen LogP contribution in [0.5, 0.6) is 0 Å². The van der Waals surface area contributed by atoms with Crippen LogP contribution in [-0.4, -0.2) is 33.7 Å². The topological polar surface area (TPSA) is 32.5 Å². The maximum absolute atomic E-state index is 5.57. The molecular weight excluding hydrogens is 186 g/mol. The zero-order valence-electron chi connectivity index (χ0n) is 9.90. The van der Waals surface area contributed by atoms with E-state index in [0.29, 0.717) is 6.54 Å². The highest BCUT2D eigenvalue weighted by molar-refractivity contribution is 5.55. The van der Waals surface area contributed by atoms with Gasteiger partial charge < -0.3 is 15.5 Å². The summed E-state index contributed by atoms with van der Waals surface area (Å²) >= 11 is 0. The van der Waals surface area contributed by atoms with E-state index in [2.05, 4.69) is 41.0 Å². The Hall–Kier alpha value is -1.22. The van der Waals surface area contributed by atoms with Crippen LogP contribution in [-0.2, 0) is 0 Å². The Balaban J connectivity index is 2.77. The van der Waals surface area contributed by atoms with Gasteiger partial charge in [0.1, 0.15) is 0 Å². The van der Waals surface area contributed by atoms with Gasteiger partial charge in [-0.25, -0.2) is 0 Å². The third-order valence-corrected chi connectivity index (χ3v) is 2.51. The van der Waals surface area contributed by atoms with E-state index < -0.39 is 0 Å². The van der Waals surface area contributed by atoms with Gasteiger partial charge in [-0.05, 0) is 31.2 Å². The first-order chi connectivity index (χ1) is 7.19. The van der Waals surface area contributed by atoms with Crippen LogP contribution in [0.15, 0.2) is 24.3 Å². The normalized spacial score (nSPS) is 10.1. The van der Waals surface area contributed by atoms with Gasteiger partial charge in [0.05, 0.1) is 0 Å². The number of anilines is 2. The van der Waals surface area contributed by atoms with E-state index in [9.17, 15) is 0 Å². The molecule has 1 aromatic carbocycles. The molecule has 0 radical (unpaired) electrons. The lowest BCUT2D eigenvalue weighted by molar-refractivity contribution is 0.817. The lowest BCUT2D eigenvalue weighted by Gasteiger charge is -2.23. The van der Waals surface area contributed by atoms with Gasteiger partial charge in [0, 0.05) is 45.1 Å². The average molecular weight is 207 g/mol. The van der Waals surface area contributed by atoms with Crippen molar-refractivity contribution in [3.05, 3.63) is 24.3 Å². The highest BCUT2D eigenvalue weighted by Gasteiger charge is 2.02. The summed E-state index contributed by atoms with van der Waals surface area (Å²) in [5.74, 6) is 0. The largest absolute Gasteiger partial charge is 0.378 e. The summed E-state index contributed by atoms with van der Waals surface area (Å²) in [4.78, 5) is 4.38. The van der Waals surface area contributed by atoms with Crippen molar-refractivity contribution < 1.29 is 0 Å². The molecule has 1 aromatic rings. The van der Waals surface area contributed by atoms with Crippen molar-refractivity contribution in [3.8, 4) is 0 Å². The Morgan fingerprint density at radius 2 is 1.60 bits per heavy atom. The first-order valence-corrected chi connectivity index (χ1v) is 5.41. The minimum absolute atomic E-state index is 0.698. The van der Waals surface area contributed by atoms with Crippen LogP contribution in [0.1, 0.15) is 6.92 Å². The van der Waals surface area contributed by atoms with Crippen LogP contribution in [0, 0.1) is 0 Å². The van der Waals surface area contributed by atoms with Crippen LogP contribution in [0.4, 0.5) is 11.4 Å². The standard InChI is InChI=1S/C12H21N3/c1-4-15(10-9-13)12-7-5-11(6-8-12)14(2)3/h5-8H,4,9-10,13H2,1-3H3. The Morgan fingerprint density at radius 1 is 1.07 bits per heavy atom. The van der Waals surface area contributed by atoms with Gasteiger partial charge in [-0.15, -0.1) is 0 Å². The average Bonchev–Trinajstić information content (AvgIpc) is 2.26. The van der Waals surface area contributed by atoms with Gasteiger partial charge in [-0.2, -0.15) is 0 Å². The van der Waals surface area contributed by atoms with Crippen molar-refractivity contribution in [1.82, 2.24) is 0 Å². The molecule has 84 valence electrons. The summed E-state index contributed by atoms with van der Waals surface area (Å²) in [5.41, 5.74) is 8.04. The summed E-state index contributed by atoms with van der Waals surface area (Å²) in [5, 5.41) is 0. The molecule has 3 nitrogen and oxygen atoms in total. The van der Waals surface area contributed by atoms with E-state index in [4.69, 9.17) is 5.73 Å². The lowest BCUT2D eigenvalue weighted by atomic mass is 10.2. The van der Waals surface area contributed by atoms with Gasteiger partial charge in [0.15, 0.2) is 0 Å². The number of nitrogens with zero attached hydrogens (tertiary/aromatic N) is 2. The smallest absolute Gasteiger partial charge is 0.0368 e. The minimum atomic E-state index is 0.698. The van der Waals surface area contributed by atoms with Crippen molar-refractivity contribution in [2.75, 3.05) is 43.5 Å². The molecule has 0 saturated carbocycles. The molecule has 15 heavy (non-hydrogen) atoms. The fraction of sp³-hybridized carbons (Fsp3) is 0.500. The predicted molar refractivity (Wildman–Crippen MR) is 67.7 cm³/mol. The molecule has 0 amide bonds. The van der Waals surface area contributed by atoms with Gasteiger partial charge in [0.25, 0.3) is 0 Å². The molecule has 0 unspecified atom stereocenters. The molecule has 0 aliphatic rings. The molecule has 3 heteroatoms. The summed E-state index contributed by atoms with van der Waals surface area (Å²) in [6, 6.07) is 8.56. The molecule has 0 saturated heterocycles. The molecule has 0 fully saturated rings. The molecule has 2 N–H and O–H groups in total. The van der Waals surface area contributed by atoms with Crippen LogP contribution in [0.3, 0.4) is 0 Å². The fourth-order valence-electron chi connectivity index (χ4n) is 1.59. The van der Waals surface area contributed by atoms with Crippen molar-refractivity contribution in [1.29, 1.82) is 0 Å². The van der Waals surface area contributed by atoms with Gasteiger partial charge in [-0.1, -0.05) is 0 Å². The van der Waals surface area contributed by atoms with Crippen molar-refractivity contribution in [2.24, 2.45) is 5.73 Å². The zero-order valence-corrected chi connectivity index (χ0v) is 9.90. The van der Waals surface area contributed by atoms with Crippen molar-refractivity contribution in [2.45, 2.75) is 6.92 Å². The minimum Gasteiger partial charge on any atom is -0.378 e. The third-order valence-electron chi connectivity index (χ3n) is 2.51. The van der Waals surface area contributed by atoms with Crippen LogP contribution in [0.2, 0.25) is 0 Å². The molecular formula is C12H21N3. The molecule has 0 aromatic heterocycles. The predicted octanol–water partition coefficient (Wildman–Crippen LogP) is 1.54. The number of benzene rings is 1. The summed E-state index contributed by atoms with van der Waals surface area (Å²) < 4.78 is 0. The highest BCUT2D eigenvalue weighted by Crippen LogP contribution is 2.18. The number of hydrogen-bond acceptors (Lipinski definition) is 3. The van der Waals surface area contributed by atoms with Crippen molar-refractivity contribution >= 4 is 11.4 Å². The second-order valence-electron chi connectivity index (χ2n) is 3.78. The van der Waals surface area contributed by atoms with Gasteiger partial charge in [-0.3, -0.25) is 0 Å². The summed E-state index contributed by atoms with van der Waals surface area (Å²) in [6.45, 7) is 4.76. The Labute approximate surface area is 92.5 Å². The molecule has 0 aliphatic heterocycles. The Kier molecular flexibility index (Phi) is 4.43. The van der Waals surface area contributed by atoms with Crippen LogP contribution in [0.25, 0.3) is 0 Å². The number of likely N-dealkylation sites (N-methyl/N-ethyl adjacent to an activating group) is 1. The van der Waals surface area contributed by atoms with E-state index in [0.717, 1.165) is 13.1 Å². The van der Waals surface area contributed by atoms with Crippen molar-refractivity contribution in [3.63, 3.8) is 0 Å². The monoisotopic (exact) mass is 207 g/mol. The zero-order chi connectivity index (χ0) is 11.3. The molecule has 0 spiro atoms. The maximum atomic E-state index is 5.57. The van der Waals surface area contributed by atoms with Gasteiger partial charge in [0.2, 0.25) is 0 Å². The number of nitrogens with two attached hydrogens (primary N) is 1. The third kappa shape index (κ3) is 3.13. The quantitative estimate of drug-likeness (QED) is 0.795. The Morgan fingerprint density at radius 3 is 2.00 bits per heavy atom. The maximum Gasteiger partial charge on any atom is 0.0368 e. The van der Waals surface area contributed by atoms with Crippen LogP contribution >= 0.6 is 0 Å². The van der Waals surface area contributed by atoms with E-state index in [1.54, 1.807) is 0 Å². The lowest BCUT2D eigenvalue weighted by Crippen LogP contribution is -2.28.